The van der Waals surface area contributed by atoms with Crippen LogP contribution in [0.3, 0.4) is 0 Å². The fraction of sp³-hybridized carbons (Fsp3) is 0.875. The summed E-state index contributed by atoms with van der Waals surface area (Å²) in [5.74, 6) is -0.450. The van der Waals surface area contributed by atoms with E-state index < -0.39 is 16.2 Å². The summed E-state index contributed by atoms with van der Waals surface area (Å²) < 4.78 is 31.1. The van der Waals surface area contributed by atoms with Crippen molar-refractivity contribution in [2.75, 3.05) is 27.2 Å². The number of nitrogens with one attached hydrogen (secondary N) is 1. The highest BCUT2D eigenvalue weighted by Crippen LogP contribution is 1.98. The lowest BCUT2D eigenvalue weighted by molar-refractivity contribution is -0.140. The normalized spacial score (nSPS) is 13.8. The van der Waals surface area contributed by atoms with Gasteiger partial charge in [-0.3, -0.25) is 4.79 Å². The zero-order valence-electron chi connectivity index (χ0n) is 9.76. The van der Waals surface area contributed by atoms with Crippen molar-refractivity contribution in [2.24, 2.45) is 5.73 Å². The molecular formula is C8H19N3O4S. The maximum Gasteiger partial charge on any atom is 0.306 e. The first kappa shape index (κ1) is 15.3. The molecule has 1 atom stereocenters. The number of methoxy groups -OCH3 is 1. The number of nitrogens with zero attached hydrogens (tertiary/aromatic N) is 1. The highest BCUT2D eigenvalue weighted by molar-refractivity contribution is 7.87. The van der Waals surface area contributed by atoms with Gasteiger partial charge >= 0.3 is 5.97 Å². The van der Waals surface area contributed by atoms with Crippen molar-refractivity contribution >= 4 is 16.2 Å². The molecule has 0 aromatic carbocycles. The van der Waals surface area contributed by atoms with Crippen LogP contribution in [0.5, 0.6) is 0 Å². The van der Waals surface area contributed by atoms with Crippen LogP contribution in [-0.4, -0.2) is 52.0 Å². The van der Waals surface area contributed by atoms with E-state index in [2.05, 4.69) is 9.46 Å². The zero-order valence-corrected chi connectivity index (χ0v) is 10.6. The average Bonchev–Trinajstić information content (AvgIpc) is 2.24. The molecule has 16 heavy (non-hydrogen) atoms. The van der Waals surface area contributed by atoms with Crippen LogP contribution < -0.4 is 10.5 Å². The van der Waals surface area contributed by atoms with Crippen LogP contribution in [0.25, 0.3) is 0 Å². The minimum absolute atomic E-state index is 0.0188. The van der Waals surface area contributed by atoms with Crippen LogP contribution in [0.4, 0.5) is 0 Å². The van der Waals surface area contributed by atoms with Crippen LogP contribution in [0, 0.1) is 0 Å². The number of carbonyl (C=O) groups excluding carboxylic acids is 1. The lowest BCUT2D eigenvalue weighted by Gasteiger charge is -2.19. The Morgan fingerprint density at radius 1 is 1.56 bits per heavy atom. The number of hydrogen-bond donors (Lipinski definition) is 2. The maximum atomic E-state index is 11.6. The molecule has 96 valence electrons. The molecule has 3 N–H and O–H groups in total. The molecule has 0 radical (unpaired) electrons. The maximum absolute atomic E-state index is 11.6. The highest BCUT2D eigenvalue weighted by Gasteiger charge is 2.20. The highest BCUT2D eigenvalue weighted by atomic mass is 32.2. The Balaban J connectivity index is 4.25. The van der Waals surface area contributed by atoms with Crippen LogP contribution in [0.15, 0.2) is 0 Å². The third-order valence-electron chi connectivity index (χ3n) is 1.97. The van der Waals surface area contributed by atoms with Gasteiger partial charge in [-0.15, -0.1) is 0 Å². The number of esters is 1. The summed E-state index contributed by atoms with van der Waals surface area (Å²) in [7, 11) is -0.941. The molecule has 8 heteroatoms. The topological polar surface area (TPSA) is 102 Å². The van der Waals surface area contributed by atoms with Crippen molar-refractivity contribution < 1.29 is 17.9 Å². The molecule has 0 amide bonds. The smallest absolute Gasteiger partial charge is 0.306 e. The molecule has 7 nitrogen and oxygen atoms in total. The van der Waals surface area contributed by atoms with Crippen molar-refractivity contribution in [3.63, 3.8) is 0 Å². The van der Waals surface area contributed by atoms with Crippen LogP contribution in [-0.2, 0) is 19.7 Å². The Kier molecular flexibility index (Phi) is 6.49. The van der Waals surface area contributed by atoms with Crippen molar-refractivity contribution in [2.45, 2.75) is 19.4 Å². The Bertz CT molecular complexity index is 317. The number of carbonyl (C=O) groups is 1. The fourth-order valence-electron chi connectivity index (χ4n) is 0.863. The molecule has 0 aliphatic carbocycles. The second-order valence-electron chi connectivity index (χ2n) is 3.41. The summed E-state index contributed by atoms with van der Waals surface area (Å²) in [6.07, 6.45) is 0.0188. The molecule has 0 aromatic rings. The van der Waals surface area contributed by atoms with E-state index in [-0.39, 0.29) is 25.6 Å². The molecule has 0 saturated heterocycles. The van der Waals surface area contributed by atoms with Gasteiger partial charge in [0.25, 0.3) is 10.2 Å². The van der Waals surface area contributed by atoms with Gasteiger partial charge in [-0.2, -0.15) is 17.4 Å². The molecular weight excluding hydrogens is 234 g/mol. The molecule has 0 bridgehead atoms. The molecule has 0 saturated carbocycles. The van der Waals surface area contributed by atoms with Gasteiger partial charge in [0.2, 0.25) is 0 Å². The summed E-state index contributed by atoms with van der Waals surface area (Å²) in [4.78, 5) is 10.8. The molecule has 0 rings (SSSR count). The molecule has 0 aliphatic rings. The molecule has 0 aliphatic heterocycles. The lowest BCUT2D eigenvalue weighted by atomic mass is 10.4. The standard InChI is InChI=1S/C8H19N3O4S/c1-7(6-9)10-16(13,14)11(2)5-4-8(12)15-3/h7,10H,4-6,9H2,1-3H3/t7-/m0/s1. The first-order valence-corrected chi connectivity index (χ1v) is 6.28. The van der Waals surface area contributed by atoms with Crippen molar-refractivity contribution in [1.82, 2.24) is 9.03 Å². The van der Waals surface area contributed by atoms with E-state index >= 15 is 0 Å². The third kappa shape index (κ3) is 5.40. The van der Waals surface area contributed by atoms with Gasteiger partial charge in [0.15, 0.2) is 0 Å². The van der Waals surface area contributed by atoms with Crippen LogP contribution >= 0.6 is 0 Å². The van der Waals surface area contributed by atoms with Crippen molar-refractivity contribution in [3.8, 4) is 0 Å². The molecule has 0 unspecified atom stereocenters. The molecule has 0 aromatic heterocycles. The number of ether oxygens (including phenoxy) is 1. The first-order chi connectivity index (χ1) is 7.33. The van der Waals surface area contributed by atoms with E-state index in [0.717, 1.165) is 4.31 Å². The van der Waals surface area contributed by atoms with E-state index in [4.69, 9.17) is 5.73 Å². The van der Waals surface area contributed by atoms with E-state index in [0.29, 0.717) is 0 Å². The largest absolute Gasteiger partial charge is 0.469 e. The van der Waals surface area contributed by atoms with Crippen molar-refractivity contribution in [1.29, 1.82) is 0 Å². The Labute approximate surface area is 96.1 Å². The third-order valence-corrected chi connectivity index (χ3v) is 3.68. The number of hydrogen-bond acceptors (Lipinski definition) is 5. The zero-order chi connectivity index (χ0) is 12.8. The minimum atomic E-state index is -3.58. The number of rotatable bonds is 7. The van der Waals surface area contributed by atoms with E-state index in [9.17, 15) is 13.2 Å². The molecule has 0 heterocycles. The van der Waals surface area contributed by atoms with Crippen molar-refractivity contribution in [3.05, 3.63) is 0 Å². The van der Waals surface area contributed by atoms with Gasteiger partial charge in [-0.25, -0.2) is 0 Å². The van der Waals surface area contributed by atoms with E-state index in [1.54, 1.807) is 6.92 Å². The first-order valence-electron chi connectivity index (χ1n) is 4.84. The second-order valence-corrected chi connectivity index (χ2v) is 5.22. The monoisotopic (exact) mass is 253 g/mol. The van der Waals surface area contributed by atoms with Crippen LogP contribution in [0.1, 0.15) is 13.3 Å². The van der Waals surface area contributed by atoms with Gasteiger partial charge in [-0.05, 0) is 6.92 Å². The predicted octanol–water partition coefficient (Wildman–Crippen LogP) is -1.34. The summed E-state index contributed by atoms with van der Waals surface area (Å²) in [5, 5.41) is 0. The van der Waals surface area contributed by atoms with E-state index in [1.165, 1.54) is 14.2 Å². The Hall–Kier alpha value is -0.700. The average molecular weight is 253 g/mol. The Morgan fingerprint density at radius 3 is 2.56 bits per heavy atom. The number of nitrogens with two attached hydrogens (primary N) is 1. The van der Waals surface area contributed by atoms with Crippen LogP contribution in [0.2, 0.25) is 0 Å². The predicted molar refractivity (Wildman–Crippen MR) is 59.8 cm³/mol. The molecule has 0 spiro atoms. The van der Waals surface area contributed by atoms with Gasteiger partial charge < -0.3 is 10.5 Å². The SMILES string of the molecule is COC(=O)CCN(C)S(=O)(=O)N[C@@H](C)CN. The fourth-order valence-corrected chi connectivity index (χ4v) is 1.98. The summed E-state index contributed by atoms with van der Waals surface area (Å²) >= 11 is 0. The van der Waals surface area contributed by atoms with Gasteiger partial charge in [0.05, 0.1) is 13.5 Å². The summed E-state index contributed by atoms with van der Waals surface area (Å²) in [6, 6.07) is -0.342. The Morgan fingerprint density at radius 2 is 2.12 bits per heavy atom. The van der Waals surface area contributed by atoms with Gasteiger partial charge in [0.1, 0.15) is 0 Å². The minimum Gasteiger partial charge on any atom is -0.469 e. The van der Waals surface area contributed by atoms with Gasteiger partial charge in [0, 0.05) is 26.2 Å². The second kappa shape index (κ2) is 6.79. The lowest BCUT2D eigenvalue weighted by Crippen LogP contribution is -2.45. The summed E-state index contributed by atoms with van der Waals surface area (Å²) in [6.45, 7) is 1.94. The van der Waals surface area contributed by atoms with Gasteiger partial charge in [-0.1, -0.05) is 0 Å². The summed E-state index contributed by atoms with van der Waals surface area (Å²) in [5.41, 5.74) is 5.30. The van der Waals surface area contributed by atoms with E-state index in [1.807, 2.05) is 0 Å². The molecule has 0 fully saturated rings. The quantitative estimate of drug-likeness (QED) is 0.547.